The summed E-state index contributed by atoms with van der Waals surface area (Å²) < 4.78 is 0. The van der Waals surface area contributed by atoms with Crippen LogP contribution < -0.4 is 5.32 Å². The number of nitrogens with one attached hydrogen (secondary N) is 2. The average Bonchev–Trinajstić information content (AvgIpc) is 3.00. The van der Waals surface area contributed by atoms with Crippen LogP contribution in [0.15, 0.2) is 30.5 Å². The highest BCUT2D eigenvalue weighted by atomic mass is 15.0. The Morgan fingerprint density at radius 2 is 2.06 bits per heavy atom. The molecule has 1 aliphatic rings. The molecule has 1 saturated heterocycles. The van der Waals surface area contributed by atoms with Gasteiger partial charge in [0.05, 0.1) is 17.9 Å². The minimum atomic E-state index is 0.411. The van der Waals surface area contributed by atoms with Crippen LogP contribution in [0.5, 0.6) is 0 Å². The smallest absolute Gasteiger partial charge is 0.123 e. The molecule has 1 unspecified atom stereocenters. The van der Waals surface area contributed by atoms with Gasteiger partial charge >= 0.3 is 0 Å². The van der Waals surface area contributed by atoms with Crippen LogP contribution in [0, 0.1) is 6.92 Å². The zero-order valence-corrected chi connectivity index (χ0v) is 10.0. The van der Waals surface area contributed by atoms with E-state index in [0.29, 0.717) is 6.04 Å². The fraction of sp³-hybridized carbons (Fsp3) is 0.357. The van der Waals surface area contributed by atoms with E-state index in [1.54, 1.807) is 0 Å². The van der Waals surface area contributed by atoms with Gasteiger partial charge < -0.3 is 10.3 Å². The van der Waals surface area contributed by atoms with Gasteiger partial charge in [0.25, 0.3) is 0 Å². The Balaban J connectivity index is 1.86. The predicted molar refractivity (Wildman–Crippen MR) is 68.7 cm³/mol. The average molecular weight is 227 g/mol. The van der Waals surface area contributed by atoms with Crippen molar-refractivity contribution < 1.29 is 0 Å². The minimum absolute atomic E-state index is 0.411. The molecule has 0 amide bonds. The Morgan fingerprint density at radius 1 is 1.24 bits per heavy atom. The van der Waals surface area contributed by atoms with Crippen LogP contribution in [-0.2, 0) is 0 Å². The van der Waals surface area contributed by atoms with Gasteiger partial charge in [-0.1, -0.05) is 29.8 Å². The van der Waals surface area contributed by atoms with Crippen LogP contribution in [0.1, 0.15) is 30.3 Å². The van der Waals surface area contributed by atoms with E-state index in [1.165, 1.54) is 24.0 Å². The van der Waals surface area contributed by atoms with Crippen molar-refractivity contribution >= 4 is 0 Å². The SMILES string of the molecule is Cc1ccc(-c2cnc(C3CCCN3)[nH]2)cc1. The molecule has 17 heavy (non-hydrogen) atoms. The highest BCUT2D eigenvalue weighted by Crippen LogP contribution is 2.24. The second kappa shape index (κ2) is 4.34. The number of hydrogen-bond acceptors (Lipinski definition) is 2. The molecule has 3 nitrogen and oxygen atoms in total. The molecule has 0 bridgehead atoms. The third-order valence-corrected chi connectivity index (χ3v) is 3.35. The van der Waals surface area contributed by atoms with E-state index in [-0.39, 0.29) is 0 Å². The summed E-state index contributed by atoms with van der Waals surface area (Å²) in [5.74, 6) is 1.07. The topological polar surface area (TPSA) is 40.7 Å². The summed E-state index contributed by atoms with van der Waals surface area (Å²) in [5.41, 5.74) is 3.59. The molecule has 1 aromatic carbocycles. The van der Waals surface area contributed by atoms with Crippen molar-refractivity contribution in [1.29, 1.82) is 0 Å². The number of aromatic nitrogens is 2. The van der Waals surface area contributed by atoms with E-state index < -0.39 is 0 Å². The van der Waals surface area contributed by atoms with Crippen molar-refractivity contribution in [2.45, 2.75) is 25.8 Å². The van der Waals surface area contributed by atoms with E-state index >= 15 is 0 Å². The van der Waals surface area contributed by atoms with E-state index in [4.69, 9.17) is 0 Å². The first kappa shape index (κ1) is 10.5. The van der Waals surface area contributed by atoms with Gasteiger partial charge in [-0.05, 0) is 31.9 Å². The first-order valence-corrected chi connectivity index (χ1v) is 6.18. The molecule has 88 valence electrons. The van der Waals surface area contributed by atoms with Crippen molar-refractivity contribution in [3.8, 4) is 11.3 Å². The molecule has 1 atom stereocenters. The normalized spacial score (nSPS) is 19.7. The number of nitrogens with zero attached hydrogens (tertiary/aromatic N) is 1. The number of rotatable bonds is 2. The fourth-order valence-electron chi connectivity index (χ4n) is 2.31. The van der Waals surface area contributed by atoms with E-state index in [2.05, 4.69) is 46.5 Å². The zero-order valence-electron chi connectivity index (χ0n) is 10.0. The van der Waals surface area contributed by atoms with Crippen molar-refractivity contribution in [1.82, 2.24) is 15.3 Å². The van der Waals surface area contributed by atoms with E-state index in [0.717, 1.165) is 18.1 Å². The third-order valence-electron chi connectivity index (χ3n) is 3.35. The lowest BCUT2D eigenvalue weighted by atomic mass is 10.1. The maximum atomic E-state index is 4.48. The van der Waals surface area contributed by atoms with Crippen LogP contribution in [0.3, 0.4) is 0 Å². The maximum Gasteiger partial charge on any atom is 0.123 e. The Kier molecular flexibility index (Phi) is 2.69. The zero-order chi connectivity index (χ0) is 11.7. The standard InChI is InChI=1S/C14H17N3/c1-10-4-6-11(7-5-10)13-9-16-14(17-13)12-3-2-8-15-12/h4-7,9,12,15H,2-3,8H2,1H3,(H,16,17). The molecule has 1 fully saturated rings. The molecular weight excluding hydrogens is 210 g/mol. The summed E-state index contributed by atoms with van der Waals surface area (Å²) in [4.78, 5) is 7.90. The number of aromatic amines is 1. The van der Waals surface area contributed by atoms with Gasteiger partial charge in [0, 0.05) is 0 Å². The molecule has 1 aliphatic heterocycles. The molecule has 3 rings (SSSR count). The lowest BCUT2D eigenvalue weighted by Crippen LogP contribution is -2.14. The molecular formula is C14H17N3. The number of benzene rings is 1. The fourth-order valence-corrected chi connectivity index (χ4v) is 2.31. The van der Waals surface area contributed by atoms with Crippen LogP contribution in [0.4, 0.5) is 0 Å². The van der Waals surface area contributed by atoms with E-state index in [9.17, 15) is 0 Å². The van der Waals surface area contributed by atoms with Gasteiger partial charge in [0.1, 0.15) is 5.82 Å². The summed E-state index contributed by atoms with van der Waals surface area (Å²) in [6.45, 7) is 3.20. The lowest BCUT2D eigenvalue weighted by molar-refractivity contribution is 0.613. The summed E-state index contributed by atoms with van der Waals surface area (Å²) in [6.07, 6.45) is 4.35. The summed E-state index contributed by atoms with van der Waals surface area (Å²) >= 11 is 0. The number of aryl methyl sites for hydroxylation is 1. The molecule has 2 heterocycles. The monoisotopic (exact) mass is 227 g/mol. The summed E-state index contributed by atoms with van der Waals surface area (Å²) in [5, 5.41) is 3.45. The number of hydrogen-bond donors (Lipinski definition) is 2. The second-order valence-corrected chi connectivity index (χ2v) is 4.70. The quantitative estimate of drug-likeness (QED) is 0.828. The Labute approximate surface area is 101 Å². The molecule has 2 aromatic rings. The third kappa shape index (κ3) is 2.11. The Morgan fingerprint density at radius 3 is 2.76 bits per heavy atom. The molecule has 3 heteroatoms. The van der Waals surface area contributed by atoms with Gasteiger partial charge in [-0.2, -0.15) is 0 Å². The first-order chi connectivity index (χ1) is 8.33. The molecule has 2 N–H and O–H groups in total. The van der Waals surface area contributed by atoms with Gasteiger partial charge in [-0.15, -0.1) is 0 Å². The van der Waals surface area contributed by atoms with Crippen LogP contribution in [-0.4, -0.2) is 16.5 Å². The van der Waals surface area contributed by atoms with Crippen LogP contribution >= 0.6 is 0 Å². The maximum absolute atomic E-state index is 4.48. The van der Waals surface area contributed by atoms with Crippen LogP contribution in [0.25, 0.3) is 11.3 Å². The highest BCUT2D eigenvalue weighted by molar-refractivity contribution is 5.58. The second-order valence-electron chi connectivity index (χ2n) is 4.70. The first-order valence-electron chi connectivity index (χ1n) is 6.18. The van der Waals surface area contributed by atoms with Crippen molar-refractivity contribution in [3.05, 3.63) is 41.9 Å². The molecule has 0 radical (unpaired) electrons. The van der Waals surface area contributed by atoms with Crippen LogP contribution in [0.2, 0.25) is 0 Å². The minimum Gasteiger partial charge on any atom is -0.341 e. The van der Waals surface area contributed by atoms with Crippen molar-refractivity contribution in [2.75, 3.05) is 6.54 Å². The van der Waals surface area contributed by atoms with Gasteiger partial charge in [0.15, 0.2) is 0 Å². The Bertz CT molecular complexity index is 492. The predicted octanol–water partition coefficient (Wildman–Crippen LogP) is 2.81. The van der Waals surface area contributed by atoms with E-state index in [1.807, 2.05) is 6.20 Å². The lowest BCUT2D eigenvalue weighted by Gasteiger charge is -2.05. The van der Waals surface area contributed by atoms with Crippen molar-refractivity contribution in [2.24, 2.45) is 0 Å². The molecule has 1 aromatic heterocycles. The Hall–Kier alpha value is -1.61. The van der Waals surface area contributed by atoms with Crippen molar-refractivity contribution in [3.63, 3.8) is 0 Å². The molecule has 0 aliphatic carbocycles. The highest BCUT2D eigenvalue weighted by Gasteiger charge is 2.18. The largest absolute Gasteiger partial charge is 0.341 e. The van der Waals surface area contributed by atoms with Gasteiger partial charge in [-0.3, -0.25) is 0 Å². The number of H-pyrrole nitrogens is 1. The molecule has 0 saturated carbocycles. The summed E-state index contributed by atoms with van der Waals surface area (Å²) in [6, 6.07) is 8.94. The molecule has 0 spiro atoms. The van der Waals surface area contributed by atoms with Gasteiger partial charge in [0.2, 0.25) is 0 Å². The van der Waals surface area contributed by atoms with Gasteiger partial charge in [-0.25, -0.2) is 4.98 Å². The summed E-state index contributed by atoms with van der Waals surface area (Å²) in [7, 11) is 0. The number of imidazole rings is 1.